The zero-order valence-corrected chi connectivity index (χ0v) is 12.3. The van der Waals surface area contributed by atoms with E-state index in [1.807, 2.05) is 0 Å². The Labute approximate surface area is 130 Å². The Morgan fingerprint density at radius 2 is 1.91 bits per heavy atom. The number of hydrogen-bond acceptors (Lipinski definition) is 9. The van der Waals surface area contributed by atoms with Crippen LogP contribution in [0.3, 0.4) is 0 Å². The molecule has 0 unspecified atom stereocenters. The van der Waals surface area contributed by atoms with E-state index in [4.69, 9.17) is 9.29 Å². The highest BCUT2D eigenvalue weighted by molar-refractivity contribution is 7.86. The smallest absolute Gasteiger partial charge is 0.301 e. The van der Waals surface area contributed by atoms with Crippen molar-refractivity contribution in [3.63, 3.8) is 0 Å². The second kappa shape index (κ2) is 6.35. The van der Waals surface area contributed by atoms with E-state index in [9.17, 15) is 33.9 Å². The van der Waals surface area contributed by atoms with Crippen LogP contribution in [0.15, 0.2) is 23.1 Å². The summed E-state index contributed by atoms with van der Waals surface area (Å²) in [6, 6.07) is 2.76. The number of rotatable bonds is 4. The Morgan fingerprint density at radius 1 is 1.26 bits per heavy atom. The first kappa shape index (κ1) is 17.5. The lowest BCUT2D eigenvalue weighted by Crippen LogP contribution is -2.55. The third-order valence-corrected chi connectivity index (χ3v) is 4.14. The van der Waals surface area contributed by atoms with E-state index < -0.39 is 50.2 Å². The molecule has 1 heterocycles. The van der Waals surface area contributed by atoms with Crippen LogP contribution >= 0.6 is 0 Å². The number of hydrogen-bond donors (Lipinski definition) is 5. The standard InChI is InChI=1S/C11H14N2O9S/c14-7-4-22-11(10(16)9(7)15)12-5-1-2-8(23(19,20)21)6(3-5)13(17)18/h1-3,7,9-12,14-16H,4H2,(H,19,20,21)/t7-,9+,10+,11+/m0/s1. The molecule has 0 bridgehead atoms. The minimum Gasteiger partial charge on any atom is -0.388 e. The Bertz CT molecular complexity index is 707. The van der Waals surface area contributed by atoms with E-state index in [1.165, 1.54) is 0 Å². The van der Waals surface area contributed by atoms with Crippen LogP contribution in [0.5, 0.6) is 0 Å². The lowest BCUT2D eigenvalue weighted by molar-refractivity contribution is -0.387. The van der Waals surface area contributed by atoms with Gasteiger partial charge in [-0.3, -0.25) is 14.7 Å². The summed E-state index contributed by atoms with van der Waals surface area (Å²) in [6.07, 6.45) is -5.45. The van der Waals surface area contributed by atoms with Crippen molar-refractivity contribution in [2.75, 3.05) is 11.9 Å². The maximum Gasteiger partial charge on any atom is 0.301 e. The normalized spacial score (nSPS) is 28.3. The topological polar surface area (TPSA) is 179 Å². The summed E-state index contributed by atoms with van der Waals surface area (Å²) in [5, 5.41) is 42.1. The van der Waals surface area contributed by atoms with Gasteiger partial charge in [0.1, 0.15) is 18.3 Å². The summed E-state index contributed by atoms with van der Waals surface area (Å²) in [6.45, 7) is -0.277. The van der Waals surface area contributed by atoms with E-state index >= 15 is 0 Å². The Kier molecular flexibility index (Phi) is 4.84. The van der Waals surface area contributed by atoms with Crippen molar-refractivity contribution in [1.29, 1.82) is 0 Å². The van der Waals surface area contributed by atoms with Gasteiger partial charge in [-0.1, -0.05) is 0 Å². The van der Waals surface area contributed by atoms with Crippen molar-refractivity contribution in [1.82, 2.24) is 0 Å². The van der Waals surface area contributed by atoms with Crippen LogP contribution in [-0.4, -0.2) is 64.4 Å². The van der Waals surface area contributed by atoms with Gasteiger partial charge in [0.2, 0.25) is 0 Å². The number of nitro benzene ring substituents is 1. The zero-order valence-electron chi connectivity index (χ0n) is 11.4. The molecule has 0 saturated carbocycles. The highest BCUT2D eigenvalue weighted by atomic mass is 32.2. The van der Waals surface area contributed by atoms with Crippen LogP contribution in [0, 0.1) is 10.1 Å². The molecule has 1 saturated heterocycles. The number of anilines is 1. The van der Waals surface area contributed by atoms with E-state index in [2.05, 4.69) is 5.32 Å². The van der Waals surface area contributed by atoms with Crippen molar-refractivity contribution < 1.29 is 38.0 Å². The average Bonchev–Trinajstić information content (AvgIpc) is 2.46. The first-order chi connectivity index (χ1) is 10.6. The summed E-state index contributed by atoms with van der Waals surface area (Å²) in [5.41, 5.74) is -0.861. The fourth-order valence-corrected chi connectivity index (χ4v) is 2.70. The second-order valence-corrected chi connectivity index (χ2v) is 6.25. The van der Waals surface area contributed by atoms with Crippen LogP contribution < -0.4 is 5.32 Å². The Morgan fingerprint density at radius 3 is 2.48 bits per heavy atom. The summed E-state index contributed by atoms with van der Waals surface area (Å²) >= 11 is 0. The van der Waals surface area contributed by atoms with Gasteiger partial charge in [-0.15, -0.1) is 0 Å². The SMILES string of the molecule is O=[N+]([O-])c1cc(N[C@@H]2OC[C@H](O)[C@@H](O)[C@H]2O)ccc1S(=O)(=O)O. The van der Waals surface area contributed by atoms with Gasteiger partial charge < -0.3 is 25.4 Å². The number of benzene rings is 1. The molecule has 0 radical (unpaired) electrons. The summed E-state index contributed by atoms with van der Waals surface area (Å²) in [4.78, 5) is 9.04. The van der Waals surface area contributed by atoms with E-state index in [-0.39, 0.29) is 12.3 Å². The van der Waals surface area contributed by atoms with Crippen LogP contribution in [0.2, 0.25) is 0 Å². The molecule has 1 aromatic carbocycles. The van der Waals surface area contributed by atoms with E-state index in [0.29, 0.717) is 0 Å². The van der Waals surface area contributed by atoms with Gasteiger partial charge in [0.25, 0.3) is 5.69 Å². The minimum absolute atomic E-state index is 0.0109. The maximum atomic E-state index is 11.1. The molecule has 1 aliphatic rings. The monoisotopic (exact) mass is 350 g/mol. The van der Waals surface area contributed by atoms with Crippen molar-refractivity contribution >= 4 is 21.5 Å². The third kappa shape index (κ3) is 3.74. The van der Waals surface area contributed by atoms with Crippen molar-refractivity contribution in [3.05, 3.63) is 28.3 Å². The molecule has 0 aromatic heterocycles. The molecule has 0 spiro atoms. The predicted octanol–water partition coefficient (Wildman–Crippen LogP) is -1.31. The van der Waals surface area contributed by atoms with Crippen molar-refractivity contribution in [2.24, 2.45) is 0 Å². The van der Waals surface area contributed by atoms with Gasteiger partial charge >= 0.3 is 10.1 Å². The molecule has 0 amide bonds. The quantitative estimate of drug-likeness (QED) is 0.248. The zero-order chi connectivity index (χ0) is 17.4. The van der Waals surface area contributed by atoms with E-state index in [0.717, 1.165) is 18.2 Å². The molecule has 5 N–H and O–H groups in total. The highest BCUT2D eigenvalue weighted by Gasteiger charge is 2.37. The molecule has 0 aliphatic carbocycles. The summed E-state index contributed by atoms with van der Waals surface area (Å²) in [5.74, 6) is 0. The predicted molar refractivity (Wildman–Crippen MR) is 74.3 cm³/mol. The average molecular weight is 350 g/mol. The molecule has 1 aliphatic heterocycles. The number of nitro groups is 1. The minimum atomic E-state index is -4.78. The van der Waals surface area contributed by atoms with Gasteiger partial charge in [0.15, 0.2) is 11.1 Å². The van der Waals surface area contributed by atoms with E-state index in [1.54, 1.807) is 0 Å². The first-order valence-corrected chi connectivity index (χ1v) is 7.73. The lowest BCUT2D eigenvalue weighted by Gasteiger charge is -2.35. The van der Waals surface area contributed by atoms with Crippen molar-refractivity contribution in [2.45, 2.75) is 29.4 Å². The molecular formula is C11H14N2O9S. The largest absolute Gasteiger partial charge is 0.388 e. The van der Waals surface area contributed by atoms with Gasteiger partial charge in [-0.2, -0.15) is 8.42 Å². The fraction of sp³-hybridized carbons (Fsp3) is 0.455. The first-order valence-electron chi connectivity index (χ1n) is 6.29. The van der Waals surface area contributed by atoms with Gasteiger partial charge in [-0.05, 0) is 12.1 Å². The number of aliphatic hydroxyl groups is 3. The second-order valence-electron chi connectivity index (χ2n) is 4.86. The third-order valence-electron chi connectivity index (χ3n) is 3.24. The molecule has 11 nitrogen and oxygen atoms in total. The van der Waals surface area contributed by atoms with Gasteiger partial charge in [0, 0.05) is 11.8 Å². The molecule has 1 aromatic rings. The fourth-order valence-electron chi connectivity index (χ4n) is 2.07. The molecule has 23 heavy (non-hydrogen) atoms. The molecule has 128 valence electrons. The molecule has 1 fully saturated rings. The van der Waals surface area contributed by atoms with Gasteiger partial charge in [0.05, 0.1) is 11.5 Å². The Hall–Kier alpha value is -1.83. The molecular weight excluding hydrogens is 336 g/mol. The molecule has 2 rings (SSSR count). The molecule has 4 atom stereocenters. The number of ether oxygens (including phenoxy) is 1. The maximum absolute atomic E-state index is 11.1. The lowest BCUT2D eigenvalue weighted by atomic mass is 10.0. The number of nitrogens with zero attached hydrogens (tertiary/aromatic N) is 1. The van der Waals surface area contributed by atoms with Gasteiger partial charge in [-0.25, -0.2) is 0 Å². The number of nitrogens with one attached hydrogen (secondary N) is 1. The van der Waals surface area contributed by atoms with Crippen LogP contribution in [0.25, 0.3) is 0 Å². The highest BCUT2D eigenvalue weighted by Crippen LogP contribution is 2.28. The summed E-state index contributed by atoms with van der Waals surface area (Å²) in [7, 11) is -4.78. The Balaban J connectivity index is 2.28. The van der Waals surface area contributed by atoms with Crippen LogP contribution in [0.4, 0.5) is 11.4 Å². The summed E-state index contributed by atoms with van der Waals surface area (Å²) < 4.78 is 36.2. The van der Waals surface area contributed by atoms with Crippen LogP contribution in [-0.2, 0) is 14.9 Å². The van der Waals surface area contributed by atoms with Crippen LogP contribution in [0.1, 0.15) is 0 Å². The number of aliphatic hydroxyl groups excluding tert-OH is 3. The van der Waals surface area contributed by atoms with Crippen molar-refractivity contribution in [3.8, 4) is 0 Å². The molecule has 12 heteroatoms.